The van der Waals surface area contributed by atoms with Crippen LogP contribution in [0.4, 0.5) is 15.8 Å². The van der Waals surface area contributed by atoms with Crippen molar-refractivity contribution >= 4 is 27.3 Å². The Morgan fingerprint density at radius 2 is 1.53 bits per heavy atom. The van der Waals surface area contributed by atoms with Crippen LogP contribution in [0.2, 0.25) is 0 Å². The van der Waals surface area contributed by atoms with E-state index in [1.165, 1.54) is 12.1 Å². The molecule has 0 fully saturated rings. The van der Waals surface area contributed by atoms with Crippen LogP contribution in [-0.2, 0) is 10.0 Å². The standard InChI is InChI=1S/C22H17FN4O4S/c1-32(29,30)27-19-13-17(11-12-18(19)23)24-20(28)14-7-9-16(10-8-14)22-26-25-21(31-22)15-5-3-2-4-6-15/h2-13,27H,1H3,(H,24,28). The highest BCUT2D eigenvalue weighted by Crippen LogP contribution is 2.25. The zero-order valence-electron chi connectivity index (χ0n) is 16.7. The minimum atomic E-state index is -3.67. The molecule has 0 saturated carbocycles. The highest BCUT2D eigenvalue weighted by atomic mass is 32.2. The zero-order valence-corrected chi connectivity index (χ0v) is 17.6. The molecule has 0 aliphatic heterocycles. The van der Waals surface area contributed by atoms with Crippen molar-refractivity contribution < 1.29 is 22.0 Å². The number of sulfonamides is 1. The third-order valence-corrected chi connectivity index (χ3v) is 4.95. The maximum Gasteiger partial charge on any atom is 0.255 e. The second kappa shape index (κ2) is 8.60. The molecule has 162 valence electrons. The number of carbonyl (C=O) groups is 1. The maximum atomic E-state index is 13.8. The van der Waals surface area contributed by atoms with Crippen molar-refractivity contribution in [3.8, 4) is 22.9 Å². The number of hydrogen-bond acceptors (Lipinski definition) is 6. The summed E-state index contributed by atoms with van der Waals surface area (Å²) in [5, 5.41) is 10.7. The van der Waals surface area contributed by atoms with Crippen molar-refractivity contribution in [2.75, 3.05) is 16.3 Å². The quantitative estimate of drug-likeness (QED) is 0.454. The monoisotopic (exact) mass is 452 g/mol. The normalized spacial score (nSPS) is 11.2. The summed E-state index contributed by atoms with van der Waals surface area (Å²) in [5.74, 6) is -0.515. The van der Waals surface area contributed by atoms with Crippen molar-refractivity contribution in [1.29, 1.82) is 0 Å². The molecule has 0 unspecified atom stereocenters. The van der Waals surface area contributed by atoms with Crippen LogP contribution in [0, 0.1) is 5.82 Å². The maximum absolute atomic E-state index is 13.8. The SMILES string of the molecule is CS(=O)(=O)Nc1cc(NC(=O)c2ccc(-c3nnc(-c4ccccc4)o3)cc2)ccc1F. The molecule has 2 N–H and O–H groups in total. The molecule has 0 bridgehead atoms. The number of carbonyl (C=O) groups excluding carboxylic acids is 1. The first-order valence-electron chi connectivity index (χ1n) is 9.36. The fraction of sp³-hybridized carbons (Fsp3) is 0.0455. The fourth-order valence-electron chi connectivity index (χ4n) is 2.89. The molecule has 0 spiro atoms. The van der Waals surface area contributed by atoms with Crippen LogP contribution in [0.25, 0.3) is 22.9 Å². The summed E-state index contributed by atoms with van der Waals surface area (Å²) >= 11 is 0. The summed E-state index contributed by atoms with van der Waals surface area (Å²) < 4.78 is 44.3. The average Bonchev–Trinajstić information content (AvgIpc) is 3.26. The molecule has 1 heterocycles. The largest absolute Gasteiger partial charge is 0.416 e. The van der Waals surface area contributed by atoms with Gasteiger partial charge in [0, 0.05) is 22.4 Å². The lowest BCUT2D eigenvalue weighted by Gasteiger charge is -2.09. The molecule has 1 aromatic heterocycles. The Bertz CT molecular complexity index is 1370. The Kier molecular flexibility index (Phi) is 5.69. The number of nitrogens with one attached hydrogen (secondary N) is 2. The lowest BCUT2D eigenvalue weighted by atomic mass is 10.1. The van der Waals surface area contributed by atoms with Gasteiger partial charge in [-0.15, -0.1) is 10.2 Å². The van der Waals surface area contributed by atoms with Crippen LogP contribution >= 0.6 is 0 Å². The molecule has 1 amide bonds. The van der Waals surface area contributed by atoms with Crippen molar-refractivity contribution in [2.24, 2.45) is 0 Å². The molecular formula is C22H17FN4O4S. The van der Waals surface area contributed by atoms with Gasteiger partial charge in [0.15, 0.2) is 0 Å². The topological polar surface area (TPSA) is 114 Å². The van der Waals surface area contributed by atoms with Crippen LogP contribution in [0.3, 0.4) is 0 Å². The highest BCUT2D eigenvalue weighted by molar-refractivity contribution is 7.92. The average molecular weight is 452 g/mol. The summed E-state index contributed by atoms with van der Waals surface area (Å²) in [4.78, 5) is 12.5. The third-order valence-electron chi connectivity index (χ3n) is 4.36. The molecule has 4 aromatic rings. The van der Waals surface area contributed by atoms with E-state index in [9.17, 15) is 17.6 Å². The molecule has 32 heavy (non-hydrogen) atoms. The molecule has 0 atom stereocenters. The van der Waals surface area contributed by atoms with Gasteiger partial charge in [-0.1, -0.05) is 18.2 Å². The Labute approximate surface area is 183 Å². The van der Waals surface area contributed by atoms with E-state index in [0.29, 0.717) is 22.9 Å². The lowest BCUT2D eigenvalue weighted by Crippen LogP contribution is -2.14. The third kappa shape index (κ3) is 4.98. The van der Waals surface area contributed by atoms with Gasteiger partial charge in [0.1, 0.15) is 5.82 Å². The van der Waals surface area contributed by atoms with Crippen LogP contribution in [0.1, 0.15) is 10.4 Å². The van der Waals surface area contributed by atoms with E-state index < -0.39 is 21.7 Å². The molecule has 4 rings (SSSR count). The van der Waals surface area contributed by atoms with Gasteiger partial charge in [0.05, 0.1) is 11.9 Å². The van der Waals surface area contributed by atoms with Gasteiger partial charge in [-0.05, 0) is 54.6 Å². The fourth-order valence-corrected chi connectivity index (χ4v) is 3.44. The Hall–Kier alpha value is -4.05. The molecular weight excluding hydrogens is 435 g/mol. The number of rotatable bonds is 6. The first-order chi connectivity index (χ1) is 15.3. The van der Waals surface area contributed by atoms with Gasteiger partial charge < -0.3 is 9.73 Å². The van der Waals surface area contributed by atoms with Crippen molar-refractivity contribution in [3.63, 3.8) is 0 Å². The Morgan fingerprint density at radius 3 is 2.16 bits per heavy atom. The molecule has 3 aromatic carbocycles. The van der Waals surface area contributed by atoms with E-state index >= 15 is 0 Å². The van der Waals surface area contributed by atoms with Crippen molar-refractivity contribution in [2.45, 2.75) is 0 Å². The summed E-state index contributed by atoms with van der Waals surface area (Å²) in [7, 11) is -3.67. The molecule has 8 nitrogen and oxygen atoms in total. The summed E-state index contributed by atoms with van der Waals surface area (Å²) in [6.07, 6.45) is 0.908. The van der Waals surface area contributed by atoms with Gasteiger partial charge >= 0.3 is 0 Å². The summed E-state index contributed by atoms with van der Waals surface area (Å²) in [6.45, 7) is 0. The van der Waals surface area contributed by atoms with E-state index in [-0.39, 0.29) is 11.4 Å². The number of hydrogen-bond donors (Lipinski definition) is 2. The molecule has 0 aliphatic rings. The first-order valence-corrected chi connectivity index (χ1v) is 11.3. The number of nitrogens with zero attached hydrogens (tertiary/aromatic N) is 2. The minimum Gasteiger partial charge on any atom is -0.416 e. The molecule has 10 heteroatoms. The van der Waals surface area contributed by atoms with Gasteiger partial charge in [-0.3, -0.25) is 9.52 Å². The van der Waals surface area contributed by atoms with E-state index in [1.54, 1.807) is 24.3 Å². The number of anilines is 2. The van der Waals surface area contributed by atoms with E-state index in [1.807, 2.05) is 30.3 Å². The molecule has 0 saturated heterocycles. The molecule has 0 radical (unpaired) electrons. The predicted octanol–water partition coefficient (Wildman–Crippen LogP) is 4.17. The van der Waals surface area contributed by atoms with Crippen molar-refractivity contribution in [3.05, 3.63) is 84.2 Å². The van der Waals surface area contributed by atoms with E-state index in [2.05, 4.69) is 20.2 Å². The smallest absolute Gasteiger partial charge is 0.255 e. The van der Waals surface area contributed by atoms with Crippen LogP contribution < -0.4 is 10.0 Å². The van der Waals surface area contributed by atoms with Crippen LogP contribution in [0.5, 0.6) is 0 Å². The van der Waals surface area contributed by atoms with Crippen LogP contribution in [-0.4, -0.2) is 30.8 Å². The van der Waals surface area contributed by atoms with Gasteiger partial charge in [-0.2, -0.15) is 0 Å². The van der Waals surface area contributed by atoms with Gasteiger partial charge in [-0.25, -0.2) is 12.8 Å². The summed E-state index contributed by atoms with van der Waals surface area (Å²) in [5.41, 5.74) is 1.74. The van der Waals surface area contributed by atoms with Crippen LogP contribution in [0.15, 0.2) is 77.2 Å². The predicted molar refractivity (Wildman–Crippen MR) is 118 cm³/mol. The number of halogens is 1. The van der Waals surface area contributed by atoms with Gasteiger partial charge in [0.2, 0.25) is 21.8 Å². The lowest BCUT2D eigenvalue weighted by molar-refractivity contribution is 0.102. The number of aromatic nitrogens is 2. The van der Waals surface area contributed by atoms with E-state index in [0.717, 1.165) is 17.9 Å². The van der Waals surface area contributed by atoms with E-state index in [4.69, 9.17) is 4.42 Å². The number of amides is 1. The number of benzene rings is 3. The Balaban J connectivity index is 1.48. The van der Waals surface area contributed by atoms with Gasteiger partial charge in [0.25, 0.3) is 5.91 Å². The Morgan fingerprint density at radius 1 is 0.906 bits per heavy atom. The van der Waals surface area contributed by atoms with Crippen molar-refractivity contribution in [1.82, 2.24) is 10.2 Å². The summed E-state index contributed by atoms with van der Waals surface area (Å²) in [6, 6.07) is 19.4. The first kappa shape index (κ1) is 21.2. The zero-order chi connectivity index (χ0) is 22.7. The minimum absolute atomic E-state index is 0.232. The second-order valence-electron chi connectivity index (χ2n) is 6.88. The highest BCUT2D eigenvalue weighted by Gasteiger charge is 2.13. The second-order valence-corrected chi connectivity index (χ2v) is 8.63. The molecule has 0 aliphatic carbocycles.